The molecule has 0 saturated carbocycles. The number of benzene rings is 1. The Bertz CT molecular complexity index is 411. The summed E-state index contributed by atoms with van der Waals surface area (Å²) in [7, 11) is 0. The van der Waals surface area contributed by atoms with E-state index in [9.17, 15) is 4.79 Å². The summed E-state index contributed by atoms with van der Waals surface area (Å²) in [6, 6.07) is 5.58. The first-order valence-corrected chi connectivity index (χ1v) is 6.89. The molecule has 1 fully saturated rings. The zero-order chi connectivity index (χ0) is 13.0. The molecule has 0 spiro atoms. The van der Waals surface area contributed by atoms with Crippen molar-refractivity contribution in [2.45, 2.75) is 25.3 Å². The van der Waals surface area contributed by atoms with Crippen LogP contribution in [0, 0.1) is 0 Å². The van der Waals surface area contributed by atoms with Crippen LogP contribution in [0.15, 0.2) is 18.2 Å². The second-order valence-corrected chi connectivity index (χ2v) is 5.25. The highest BCUT2D eigenvalue weighted by atomic mass is 35.5. The van der Waals surface area contributed by atoms with E-state index in [2.05, 4.69) is 10.6 Å². The predicted molar refractivity (Wildman–Crippen MR) is 74.4 cm³/mol. The lowest BCUT2D eigenvalue weighted by Crippen LogP contribution is -2.30. The van der Waals surface area contributed by atoms with Gasteiger partial charge in [-0.25, -0.2) is 0 Å². The van der Waals surface area contributed by atoms with Crippen LogP contribution in [0.5, 0.6) is 0 Å². The van der Waals surface area contributed by atoms with Crippen molar-refractivity contribution in [2.24, 2.45) is 0 Å². The molecule has 1 aromatic carbocycles. The van der Waals surface area contributed by atoms with E-state index in [1.807, 2.05) is 0 Å². The van der Waals surface area contributed by atoms with Crippen molar-refractivity contribution < 1.29 is 4.79 Å². The van der Waals surface area contributed by atoms with Gasteiger partial charge >= 0.3 is 0 Å². The van der Waals surface area contributed by atoms with Gasteiger partial charge in [-0.15, -0.1) is 0 Å². The van der Waals surface area contributed by atoms with E-state index in [0.717, 1.165) is 13.0 Å². The van der Waals surface area contributed by atoms with Crippen LogP contribution in [0.4, 0.5) is 0 Å². The molecule has 3 nitrogen and oxygen atoms in total. The van der Waals surface area contributed by atoms with Crippen molar-refractivity contribution in [3.05, 3.63) is 33.8 Å². The molecule has 1 saturated heterocycles. The van der Waals surface area contributed by atoms with Gasteiger partial charge in [-0.3, -0.25) is 4.79 Å². The summed E-state index contributed by atoms with van der Waals surface area (Å²) < 4.78 is 0. The summed E-state index contributed by atoms with van der Waals surface area (Å²) in [5.74, 6) is -0.205. The van der Waals surface area contributed by atoms with Gasteiger partial charge in [0.1, 0.15) is 0 Å². The van der Waals surface area contributed by atoms with Crippen LogP contribution in [0.2, 0.25) is 10.0 Å². The number of amides is 1. The highest BCUT2D eigenvalue weighted by Crippen LogP contribution is 2.23. The highest BCUT2D eigenvalue weighted by molar-refractivity contribution is 6.39. The van der Waals surface area contributed by atoms with Crippen LogP contribution in [0.25, 0.3) is 0 Å². The molecule has 0 bridgehead atoms. The van der Waals surface area contributed by atoms with Gasteiger partial charge < -0.3 is 10.6 Å². The standard InChI is InChI=1S/C13H16Cl2N2O/c14-10-4-1-5-11(15)12(10)13(18)17-8-6-9-3-2-7-16-9/h1,4-5,9,16H,2-3,6-8H2,(H,17,18)/t9-/m0/s1. The fraction of sp³-hybridized carbons (Fsp3) is 0.462. The van der Waals surface area contributed by atoms with Crippen molar-refractivity contribution >= 4 is 29.1 Å². The Labute approximate surface area is 117 Å². The normalized spacial score (nSPS) is 18.9. The van der Waals surface area contributed by atoms with E-state index in [1.54, 1.807) is 18.2 Å². The van der Waals surface area contributed by atoms with E-state index in [0.29, 0.717) is 28.2 Å². The molecule has 1 aromatic rings. The third-order valence-electron chi connectivity index (χ3n) is 3.13. The van der Waals surface area contributed by atoms with Crippen molar-refractivity contribution in [1.29, 1.82) is 0 Å². The van der Waals surface area contributed by atoms with Crippen LogP contribution in [-0.4, -0.2) is 25.0 Å². The Morgan fingerprint density at radius 1 is 1.39 bits per heavy atom. The van der Waals surface area contributed by atoms with Crippen molar-refractivity contribution in [1.82, 2.24) is 10.6 Å². The lowest BCUT2D eigenvalue weighted by atomic mass is 10.1. The SMILES string of the molecule is O=C(NCC[C@@H]1CCCN1)c1c(Cl)cccc1Cl. The first-order chi connectivity index (χ1) is 8.68. The van der Waals surface area contributed by atoms with Crippen LogP contribution in [-0.2, 0) is 0 Å². The Kier molecular flexibility index (Phi) is 4.87. The number of nitrogens with one attached hydrogen (secondary N) is 2. The van der Waals surface area contributed by atoms with E-state index in [1.165, 1.54) is 12.8 Å². The zero-order valence-electron chi connectivity index (χ0n) is 10.0. The Morgan fingerprint density at radius 2 is 2.11 bits per heavy atom. The lowest BCUT2D eigenvalue weighted by molar-refractivity contribution is 0.0952. The minimum absolute atomic E-state index is 0.205. The summed E-state index contributed by atoms with van der Waals surface area (Å²) >= 11 is 11.9. The molecule has 0 unspecified atom stereocenters. The van der Waals surface area contributed by atoms with Gasteiger partial charge in [-0.1, -0.05) is 29.3 Å². The van der Waals surface area contributed by atoms with E-state index >= 15 is 0 Å². The Morgan fingerprint density at radius 3 is 2.72 bits per heavy atom. The summed E-state index contributed by atoms with van der Waals surface area (Å²) in [5, 5.41) is 7.03. The van der Waals surface area contributed by atoms with Crippen LogP contribution >= 0.6 is 23.2 Å². The molecule has 0 aromatic heterocycles. The molecule has 1 amide bonds. The van der Waals surface area contributed by atoms with Crippen LogP contribution in [0.1, 0.15) is 29.6 Å². The summed E-state index contributed by atoms with van der Waals surface area (Å²) in [5.41, 5.74) is 0.361. The number of carbonyl (C=O) groups excluding carboxylic acids is 1. The summed E-state index contributed by atoms with van der Waals surface area (Å²) in [6.07, 6.45) is 3.34. The molecule has 1 aliphatic heterocycles. The summed E-state index contributed by atoms with van der Waals surface area (Å²) in [4.78, 5) is 12.0. The first kappa shape index (κ1) is 13.7. The Balaban J connectivity index is 1.87. The lowest BCUT2D eigenvalue weighted by Gasteiger charge is -2.12. The average Bonchev–Trinajstić information content (AvgIpc) is 2.82. The summed E-state index contributed by atoms with van der Waals surface area (Å²) in [6.45, 7) is 1.72. The average molecular weight is 287 g/mol. The van der Waals surface area contributed by atoms with Crippen molar-refractivity contribution in [3.8, 4) is 0 Å². The fourth-order valence-electron chi connectivity index (χ4n) is 2.17. The van der Waals surface area contributed by atoms with Gasteiger partial charge in [0, 0.05) is 12.6 Å². The van der Waals surface area contributed by atoms with E-state index in [4.69, 9.17) is 23.2 Å². The number of carbonyl (C=O) groups is 1. The topological polar surface area (TPSA) is 41.1 Å². The second kappa shape index (κ2) is 6.41. The smallest absolute Gasteiger partial charge is 0.254 e. The largest absolute Gasteiger partial charge is 0.352 e. The Hall–Kier alpha value is -0.770. The molecule has 98 valence electrons. The molecular weight excluding hydrogens is 271 g/mol. The zero-order valence-corrected chi connectivity index (χ0v) is 11.5. The molecule has 0 radical (unpaired) electrons. The number of hydrogen-bond donors (Lipinski definition) is 2. The maximum Gasteiger partial charge on any atom is 0.254 e. The van der Waals surface area contributed by atoms with Crippen molar-refractivity contribution in [2.75, 3.05) is 13.1 Å². The minimum atomic E-state index is -0.205. The van der Waals surface area contributed by atoms with Gasteiger partial charge in [0.25, 0.3) is 5.91 Å². The van der Waals surface area contributed by atoms with E-state index < -0.39 is 0 Å². The number of rotatable bonds is 4. The van der Waals surface area contributed by atoms with Gasteiger partial charge in [-0.2, -0.15) is 0 Å². The molecule has 18 heavy (non-hydrogen) atoms. The van der Waals surface area contributed by atoms with Gasteiger partial charge in [0.05, 0.1) is 15.6 Å². The first-order valence-electron chi connectivity index (χ1n) is 6.14. The van der Waals surface area contributed by atoms with Gasteiger partial charge in [0.2, 0.25) is 0 Å². The highest BCUT2D eigenvalue weighted by Gasteiger charge is 2.16. The molecule has 2 N–H and O–H groups in total. The molecule has 2 rings (SSSR count). The van der Waals surface area contributed by atoms with Gasteiger partial charge in [-0.05, 0) is 37.9 Å². The van der Waals surface area contributed by atoms with E-state index in [-0.39, 0.29) is 5.91 Å². The quantitative estimate of drug-likeness (QED) is 0.894. The van der Waals surface area contributed by atoms with Crippen molar-refractivity contribution in [3.63, 3.8) is 0 Å². The second-order valence-electron chi connectivity index (χ2n) is 4.43. The molecule has 0 aliphatic carbocycles. The van der Waals surface area contributed by atoms with Crippen LogP contribution < -0.4 is 10.6 Å². The number of halogens is 2. The maximum atomic E-state index is 12.0. The molecule has 1 heterocycles. The molecule has 5 heteroatoms. The van der Waals surface area contributed by atoms with Crippen LogP contribution in [0.3, 0.4) is 0 Å². The van der Waals surface area contributed by atoms with Gasteiger partial charge in [0.15, 0.2) is 0 Å². The molecular formula is C13H16Cl2N2O. The monoisotopic (exact) mass is 286 g/mol. The fourth-order valence-corrected chi connectivity index (χ4v) is 2.74. The molecule has 1 atom stereocenters. The third kappa shape index (κ3) is 3.37. The third-order valence-corrected chi connectivity index (χ3v) is 3.76. The number of hydrogen-bond acceptors (Lipinski definition) is 2. The molecule has 1 aliphatic rings. The maximum absolute atomic E-state index is 12.0. The minimum Gasteiger partial charge on any atom is -0.352 e. The predicted octanol–water partition coefficient (Wildman–Crippen LogP) is 2.87.